The molecule has 4 nitrogen and oxygen atoms in total. The molecule has 1 aliphatic rings. The van der Waals surface area contributed by atoms with E-state index in [0.717, 1.165) is 37.1 Å². The van der Waals surface area contributed by atoms with Crippen molar-refractivity contribution in [3.8, 4) is 0 Å². The standard InChI is InChI=1S/C26H25FN2O2/c27-23-12-7-11-22(18-23)26(31)29(19-20-8-2-1-3-9-20)24-13-6-10-21(16-24)17-25(30)28-14-4-5-15-28/h1-3,6-13,16,18H,4-5,14-15,17,19H2. The van der Waals surface area contributed by atoms with E-state index in [1.54, 1.807) is 11.0 Å². The molecular formula is C26H25FN2O2. The van der Waals surface area contributed by atoms with Crippen LogP contribution in [0.5, 0.6) is 0 Å². The van der Waals surface area contributed by atoms with Gasteiger partial charge >= 0.3 is 0 Å². The van der Waals surface area contributed by atoms with Crippen molar-refractivity contribution in [2.24, 2.45) is 0 Å². The van der Waals surface area contributed by atoms with Crippen LogP contribution in [0.25, 0.3) is 0 Å². The van der Waals surface area contributed by atoms with Crippen LogP contribution in [0.2, 0.25) is 0 Å². The number of anilines is 1. The van der Waals surface area contributed by atoms with E-state index in [0.29, 0.717) is 18.7 Å². The lowest BCUT2D eigenvalue weighted by Gasteiger charge is -2.24. The molecule has 0 aromatic heterocycles. The van der Waals surface area contributed by atoms with Crippen LogP contribution in [0.15, 0.2) is 78.9 Å². The van der Waals surface area contributed by atoms with E-state index in [2.05, 4.69) is 0 Å². The van der Waals surface area contributed by atoms with Gasteiger partial charge in [0.05, 0.1) is 13.0 Å². The zero-order chi connectivity index (χ0) is 21.6. The van der Waals surface area contributed by atoms with Crippen molar-refractivity contribution in [2.45, 2.75) is 25.8 Å². The Balaban J connectivity index is 1.62. The molecule has 31 heavy (non-hydrogen) atoms. The van der Waals surface area contributed by atoms with E-state index in [4.69, 9.17) is 0 Å². The molecule has 1 heterocycles. The normalized spacial score (nSPS) is 13.3. The minimum absolute atomic E-state index is 0.112. The average molecular weight is 416 g/mol. The van der Waals surface area contributed by atoms with Crippen molar-refractivity contribution in [3.63, 3.8) is 0 Å². The minimum Gasteiger partial charge on any atom is -0.342 e. The van der Waals surface area contributed by atoms with Gasteiger partial charge in [-0.25, -0.2) is 4.39 Å². The second kappa shape index (κ2) is 9.56. The van der Waals surface area contributed by atoms with Gasteiger partial charge < -0.3 is 9.80 Å². The smallest absolute Gasteiger partial charge is 0.258 e. The van der Waals surface area contributed by atoms with Crippen LogP contribution in [0.3, 0.4) is 0 Å². The van der Waals surface area contributed by atoms with Gasteiger partial charge in [0.25, 0.3) is 5.91 Å². The Morgan fingerprint density at radius 1 is 0.839 bits per heavy atom. The zero-order valence-corrected chi connectivity index (χ0v) is 17.3. The van der Waals surface area contributed by atoms with Crippen molar-refractivity contribution in [2.75, 3.05) is 18.0 Å². The van der Waals surface area contributed by atoms with Gasteiger partial charge in [0.15, 0.2) is 0 Å². The Hall–Kier alpha value is -3.47. The quantitative estimate of drug-likeness (QED) is 0.577. The average Bonchev–Trinajstić information content (AvgIpc) is 3.33. The maximum absolute atomic E-state index is 13.8. The summed E-state index contributed by atoms with van der Waals surface area (Å²) < 4.78 is 13.8. The fourth-order valence-corrected chi connectivity index (χ4v) is 3.91. The van der Waals surface area contributed by atoms with Crippen LogP contribution in [0, 0.1) is 5.82 Å². The van der Waals surface area contributed by atoms with Crippen molar-refractivity contribution in [3.05, 3.63) is 101 Å². The molecule has 1 fully saturated rings. The minimum atomic E-state index is -0.449. The first-order chi connectivity index (χ1) is 15.1. The van der Waals surface area contributed by atoms with Crippen molar-refractivity contribution < 1.29 is 14.0 Å². The molecule has 0 bridgehead atoms. The summed E-state index contributed by atoms with van der Waals surface area (Å²) in [7, 11) is 0. The molecule has 0 N–H and O–H groups in total. The lowest BCUT2D eigenvalue weighted by atomic mass is 10.1. The molecule has 158 valence electrons. The predicted octanol–water partition coefficient (Wildman–Crippen LogP) is 4.84. The molecule has 5 heteroatoms. The van der Waals surface area contributed by atoms with Gasteiger partial charge in [-0.2, -0.15) is 0 Å². The van der Waals surface area contributed by atoms with Crippen LogP contribution in [-0.2, 0) is 17.8 Å². The monoisotopic (exact) mass is 416 g/mol. The summed E-state index contributed by atoms with van der Waals surface area (Å²) in [6.07, 6.45) is 2.42. The molecule has 3 aromatic rings. The van der Waals surface area contributed by atoms with Gasteiger partial charge in [-0.05, 0) is 54.3 Å². The number of hydrogen-bond donors (Lipinski definition) is 0. The van der Waals surface area contributed by atoms with Gasteiger partial charge in [0.2, 0.25) is 5.91 Å². The largest absolute Gasteiger partial charge is 0.342 e. The second-order valence-corrected chi connectivity index (χ2v) is 7.82. The summed E-state index contributed by atoms with van der Waals surface area (Å²) in [5, 5.41) is 0. The van der Waals surface area contributed by atoms with Gasteiger partial charge in [-0.1, -0.05) is 48.5 Å². The molecular weight excluding hydrogens is 391 g/mol. The highest BCUT2D eigenvalue weighted by Crippen LogP contribution is 2.23. The van der Waals surface area contributed by atoms with E-state index in [1.807, 2.05) is 59.5 Å². The summed E-state index contributed by atoms with van der Waals surface area (Å²) >= 11 is 0. The van der Waals surface area contributed by atoms with Crippen LogP contribution in [0.4, 0.5) is 10.1 Å². The molecule has 0 spiro atoms. The highest BCUT2D eigenvalue weighted by Gasteiger charge is 2.21. The molecule has 0 radical (unpaired) electrons. The second-order valence-electron chi connectivity index (χ2n) is 7.82. The lowest BCUT2D eigenvalue weighted by Crippen LogP contribution is -2.31. The van der Waals surface area contributed by atoms with Gasteiger partial charge in [0.1, 0.15) is 5.82 Å². The third kappa shape index (κ3) is 5.18. The molecule has 2 amide bonds. The van der Waals surface area contributed by atoms with Gasteiger partial charge in [-0.15, -0.1) is 0 Å². The first kappa shape index (κ1) is 20.8. The number of hydrogen-bond acceptors (Lipinski definition) is 2. The van der Waals surface area contributed by atoms with Crippen LogP contribution in [-0.4, -0.2) is 29.8 Å². The van der Waals surface area contributed by atoms with Crippen LogP contribution < -0.4 is 4.90 Å². The summed E-state index contributed by atoms with van der Waals surface area (Å²) in [5.41, 5.74) is 2.80. The lowest BCUT2D eigenvalue weighted by molar-refractivity contribution is -0.129. The van der Waals surface area contributed by atoms with E-state index < -0.39 is 5.82 Å². The number of amides is 2. The van der Waals surface area contributed by atoms with Gasteiger partial charge in [0, 0.05) is 24.3 Å². The number of likely N-dealkylation sites (tertiary alicyclic amines) is 1. The highest BCUT2D eigenvalue weighted by molar-refractivity contribution is 6.06. The zero-order valence-electron chi connectivity index (χ0n) is 17.3. The third-order valence-corrected chi connectivity index (χ3v) is 5.54. The van der Waals surface area contributed by atoms with E-state index in [-0.39, 0.29) is 17.4 Å². The summed E-state index contributed by atoms with van der Waals surface area (Å²) in [5.74, 6) is -0.623. The van der Waals surface area contributed by atoms with Gasteiger partial charge in [-0.3, -0.25) is 9.59 Å². The number of halogens is 1. The Bertz CT molecular complexity index is 1060. The fourth-order valence-electron chi connectivity index (χ4n) is 3.91. The Morgan fingerprint density at radius 2 is 1.55 bits per heavy atom. The molecule has 3 aromatic carbocycles. The maximum atomic E-state index is 13.8. The number of benzene rings is 3. The number of rotatable bonds is 6. The first-order valence-corrected chi connectivity index (χ1v) is 10.6. The first-order valence-electron chi connectivity index (χ1n) is 10.6. The maximum Gasteiger partial charge on any atom is 0.258 e. The van der Waals surface area contributed by atoms with Crippen LogP contribution in [0.1, 0.15) is 34.3 Å². The van der Waals surface area contributed by atoms with E-state index >= 15 is 0 Å². The molecule has 0 saturated carbocycles. The molecule has 4 rings (SSSR count). The van der Waals surface area contributed by atoms with E-state index in [1.165, 1.54) is 18.2 Å². The number of carbonyl (C=O) groups excluding carboxylic acids is 2. The molecule has 1 saturated heterocycles. The van der Waals surface area contributed by atoms with E-state index in [9.17, 15) is 14.0 Å². The number of carbonyl (C=O) groups is 2. The SMILES string of the molecule is O=C(Cc1cccc(N(Cc2ccccc2)C(=O)c2cccc(F)c2)c1)N1CCCC1. The van der Waals surface area contributed by atoms with Crippen molar-refractivity contribution >= 4 is 17.5 Å². The number of nitrogens with zero attached hydrogens (tertiary/aromatic N) is 2. The molecule has 0 aliphatic carbocycles. The van der Waals surface area contributed by atoms with Crippen molar-refractivity contribution in [1.82, 2.24) is 4.90 Å². The Kier molecular flexibility index (Phi) is 6.41. The van der Waals surface area contributed by atoms with Crippen LogP contribution >= 0.6 is 0 Å². The summed E-state index contributed by atoms with van der Waals surface area (Å²) in [6.45, 7) is 1.98. The predicted molar refractivity (Wildman–Crippen MR) is 119 cm³/mol. The summed E-state index contributed by atoms with van der Waals surface area (Å²) in [4.78, 5) is 29.4. The highest BCUT2D eigenvalue weighted by atomic mass is 19.1. The topological polar surface area (TPSA) is 40.6 Å². The summed E-state index contributed by atoms with van der Waals surface area (Å²) in [6, 6.07) is 22.9. The third-order valence-electron chi connectivity index (χ3n) is 5.54. The molecule has 1 aliphatic heterocycles. The fraction of sp³-hybridized carbons (Fsp3) is 0.231. The Labute approximate surface area is 181 Å². The molecule has 0 atom stereocenters. The Morgan fingerprint density at radius 3 is 2.29 bits per heavy atom. The molecule has 0 unspecified atom stereocenters. The van der Waals surface area contributed by atoms with Crippen molar-refractivity contribution in [1.29, 1.82) is 0 Å².